The third-order valence-corrected chi connectivity index (χ3v) is 4.61. The van der Waals surface area contributed by atoms with Gasteiger partial charge >= 0.3 is 0 Å². The predicted octanol–water partition coefficient (Wildman–Crippen LogP) is 2.96. The van der Waals surface area contributed by atoms with Crippen LogP contribution in [0.25, 0.3) is 0 Å². The van der Waals surface area contributed by atoms with Gasteiger partial charge in [-0.05, 0) is 36.8 Å². The Balaban J connectivity index is 0.00000261. The molecule has 0 radical (unpaired) electrons. The molecule has 0 saturated carbocycles. The molecule has 0 aliphatic carbocycles. The van der Waals surface area contributed by atoms with E-state index in [0.29, 0.717) is 12.6 Å². The van der Waals surface area contributed by atoms with Gasteiger partial charge in [0.1, 0.15) is 11.5 Å². The van der Waals surface area contributed by atoms with E-state index in [2.05, 4.69) is 44.8 Å². The Kier molecular flexibility index (Phi) is 8.02. The number of nitrogens with zero attached hydrogens (tertiary/aromatic N) is 2. The molecule has 3 N–H and O–H groups in total. The van der Waals surface area contributed by atoms with Gasteiger partial charge in [0.05, 0.1) is 7.11 Å². The van der Waals surface area contributed by atoms with Gasteiger partial charge in [0.15, 0.2) is 5.96 Å². The van der Waals surface area contributed by atoms with Crippen LogP contribution in [0.5, 0.6) is 11.5 Å². The number of benzene rings is 2. The number of aromatic hydroxyl groups is 1. The van der Waals surface area contributed by atoms with Crippen LogP contribution in [0.4, 0.5) is 5.69 Å². The summed E-state index contributed by atoms with van der Waals surface area (Å²) in [5.74, 6) is 1.69. The first-order valence-electron chi connectivity index (χ1n) is 8.82. The highest BCUT2D eigenvalue weighted by molar-refractivity contribution is 14.0. The summed E-state index contributed by atoms with van der Waals surface area (Å²) in [6, 6.07) is 16.0. The van der Waals surface area contributed by atoms with Crippen LogP contribution in [-0.4, -0.2) is 44.4 Å². The number of methoxy groups -OCH3 is 1. The minimum Gasteiger partial charge on any atom is -0.508 e. The first kappa shape index (κ1) is 21.1. The summed E-state index contributed by atoms with van der Waals surface area (Å²) < 4.78 is 5.21. The minimum absolute atomic E-state index is 0. The van der Waals surface area contributed by atoms with Crippen molar-refractivity contribution in [1.29, 1.82) is 0 Å². The number of ether oxygens (including phenoxy) is 1. The Morgan fingerprint density at radius 2 is 2.04 bits per heavy atom. The van der Waals surface area contributed by atoms with Gasteiger partial charge in [0.25, 0.3) is 0 Å². The normalized spacial score (nSPS) is 16.6. The van der Waals surface area contributed by atoms with Crippen LogP contribution in [0.2, 0.25) is 0 Å². The standard InChI is InChI=1S/C20H26N4O2.HI/c1-21-20(22-13-15-12-18(26-2)8-9-19(15)25)23-16-10-11-24(14-16)17-6-4-3-5-7-17;/h3-9,12,16,25H,10-11,13-14H2,1-2H3,(H2,21,22,23);1H. The van der Waals surface area contributed by atoms with E-state index in [1.807, 2.05) is 12.1 Å². The molecular weight excluding hydrogens is 455 g/mol. The zero-order valence-corrected chi connectivity index (χ0v) is 18.0. The summed E-state index contributed by atoms with van der Waals surface area (Å²) in [4.78, 5) is 6.67. The molecule has 1 atom stereocenters. The van der Waals surface area contributed by atoms with E-state index >= 15 is 0 Å². The third kappa shape index (κ3) is 5.66. The summed E-state index contributed by atoms with van der Waals surface area (Å²) in [5, 5.41) is 16.7. The number of guanidine groups is 1. The lowest BCUT2D eigenvalue weighted by atomic mass is 10.2. The van der Waals surface area contributed by atoms with Crippen molar-refractivity contribution in [3.8, 4) is 11.5 Å². The van der Waals surface area contributed by atoms with Crippen molar-refractivity contribution in [2.45, 2.75) is 19.0 Å². The Morgan fingerprint density at radius 1 is 1.26 bits per heavy atom. The molecule has 0 aromatic heterocycles. The number of aliphatic imine (C=N–C) groups is 1. The molecule has 7 heteroatoms. The van der Waals surface area contributed by atoms with E-state index in [0.717, 1.165) is 36.8 Å². The van der Waals surface area contributed by atoms with E-state index < -0.39 is 0 Å². The number of anilines is 1. The number of rotatable bonds is 5. The third-order valence-electron chi connectivity index (χ3n) is 4.61. The van der Waals surface area contributed by atoms with Crippen LogP contribution < -0.4 is 20.3 Å². The Bertz CT molecular complexity index is 755. The van der Waals surface area contributed by atoms with E-state index in [9.17, 15) is 5.11 Å². The van der Waals surface area contributed by atoms with E-state index in [4.69, 9.17) is 4.74 Å². The lowest BCUT2D eigenvalue weighted by Crippen LogP contribution is -2.44. The zero-order chi connectivity index (χ0) is 18.4. The summed E-state index contributed by atoms with van der Waals surface area (Å²) >= 11 is 0. The molecule has 1 fully saturated rings. The first-order valence-corrected chi connectivity index (χ1v) is 8.82. The fourth-order valence-electron chi connectivity index (χ4n) is 3.15. The molecule has 2 aromatic carbocycles. The summed E-state index contributed by atoms with van der Waals surface area (Å²) in [6.07, 6.45) is 1.06. The molecule has 146 valence electrons. The maximum atomic E-state index is 10.00. The van der Waals surface area contributed by atoms with Crippen molar-refractivity contribution in [1.82, 2.24) is 10.6 Å². The quantitative estimate of drug-likeness (QED) is 0.348. The molecule has 1 unspecified atom stereocenters. The van der Waals surface area contributed by atoms with Gasteiger partial charge in [0, 0.05) is 44.0 Å². The number of para-hydroxylation sites is 1. The second kappa shape index (κ2) is 10.2. The molecule has 6 nitrogen and oxygen atoms in total. The molecule has 1 aliphatic heterocycles. The fourth-order valence-corrected chi connectivity index (χ4v) is 3.15. The molecule has 27 heavy (non-hydrogen) atoms. The maximum Gasteiger partial charge on any atom is 0.191 e. The SMILES string of the molecule is CN=C(NCc1cc(OC)ccc1O)NC1CCN(c2ccccc2)C1.I. The highest BCUT2D eigenvalue weighted by atomic mass is 127. The second-order valence-corrected chi connectivity index (χ2v) is 6.33. The summed E-state index contributed by atoms with van der Waals surface area (Å²) in [7, 11) is 3.37. The number of halogens is 1. The molecule has 0 spiro atoms. The van der Waals surface area contributed by atoms with Gasteiger partial charge in [-0.1, -0.05) is 18.2 Å². The topological polar surface area (TPSA) is 69.1 Å². The van der Waals surface area contributed by atoms with Crippen LogP contribution in [0.15, 0.2) is 53.5 Å². The lowest BCUT2D eigenvalue weighted by Gasteiger charge is -2.20. The van der Waals surface area contributed by atoms with Crippen molar-refractivity contribution in [2.75, 3.05) is 32.1 Å². The van der Waals surface area contributed by atoms with Gasteiger partial charge < -0.3 is 25.4 Å². The second-order valence-electron chi connectivity index (χ2n) is 6.33. The number of phenolic OH excluding ortho intramolecular Hbond substituents is 1. The van der Waals surface area contributed by atoms with Crippen LogP contribution in [0.3, 0.4) is 0 Å². The fraction of sp³-hybridized carbons (Fsp3) is 0.350. The van der Waals surface area contributed by atoms with E-state index in [1.165, 1.54) is 5.69 Å². The molecule has 1 heterocycles. The molecule has 1 saturated heterocycles. The average Bonchev–Trinajstić information content (AvgIpc) is 3.15. The van der Waals surface area contributed by atoms with E-state index in [1.54, 1.807) is 26.3 Å². The number of phenols is 1. The average molecular weight is 482 g/mol. The molecule has 1 aliphatic rings. The van der Waals surface area contributed by atoms with Gasteiger partial charge in [-0.25, -0.2) is 0 Å². The molecule has 0 bridgehead atoms. The number of hydrogen-bond acceptors (Lipinski definition) is 4. The monoisotopic (exact) mass is 482 g/mol. The molecule has 0 amide bonds. The van der Waals surface area contributed by atoms with Crippen LogP contribution in [0, 0.1) is 0 Å². The number of hydrogen-bond donors (Lipinski definition) is 3. The van der Waals surface area contributed by atoms with Crippen molar-refractivity contribution >= 4 is 35.6 Å². The van der Waals surface area contributed by atoms with Gasteiger partial charge in [-0.3, -0.25) is 4.99 Å². The van der Waals surface area contributed by atoms with Crippen LogP contribution in [-0.2, 0) is 6.54 Å². The zero-order valence-electron chi connectivity index (χ0n) is 15.7. The number of nitrogens with one attached hydrogen (secondary N) is 2. The lowest BCUT2D eigenvalue weighted by molar-refractivity contribution is 0.410. The minimum atomic E-state index is 0. The Morgan fingerprint density at radius 3 is 2.74 bits per heavy atom. The van der Waals surface area contributed by atoms with Crippen molar-refractivity contribution in [3.05, 3.63) is 54.1 Å². The largest absolute Gasteiger partial charge is 0.508 e. The smallest absolute Gasteiger partial charge is 0.191 e. The predicted molar refractivity (Wildman–Crippen MR) is 120 cm³/mol. The van der Waals surface area contributed by atoms with Crippen molar-refractivity contribution in [3.63, 3.8) is 0 Å². The Hall–Kier alpha value is -2.16. The van der Waals surface area contributed by atoms with Gasteiger partial charge in [0.2, 0.25) is 0 Å². The molecular formula is C20H27IN4O2. The van der Waals surface area contributed by atoms with Crippen molar-refractivity contribution in [2.24, 2.45) is 4.99 Å². The van der Waals surface area contributed by atoms with Crippen molar-refractivity contribution < 1.29 is 9.84 Å². The molecule has 3 rings (SSSR count). The van der Waals surface area contributed by atoms with Gasteiger partial charge in [-0.15, -0.1) is 24.0 Å². The van der Waals surface area contributed by atoms with Gasteiger partial charge in [-0.2, -0.15) is 0 Å². The maximum absolute atomic E-state index is 10.00. The highest BCUT2D eigenvalue weighted by Crippen LogP contribution is 2.23. The first-order chi connectivity index (χ1) is 12.7. The molecule has 2 aromatic rings. The highest BCUT2D eigenvalue weighted by Gasteiger charge is 2.23. The Labute approximate surface area is 177 Å². The van der Waals surface area contributed by atoms with E-state index in [-0.39, 0.29) is 29.7 Å². The summed E-state index contributed by atoms with van der Waals surface area (Å²) in [6.45, 7) is 2.43. The van der Waals surface area contributed by atoms with Crippen LogP contribution in [0.1, 0.15) is 12.0 Å². The van der Waals surface area contributed by atoms with Crippen LogP contribution >= 0.6 is 24.0 Å². The summed E-state index contributed by atoms with van der Waals surface area (Å²) in [5.41, 5.74) is 2.02.